The van der Waals surface area contributed by atoms with Gasteiger partial charge in [0.25, 0.3) is 0 Å². The fraction of sp³-hybridized carbons (Fsp3) is 0.600. The summed E-state index contributed by atoms with van der Waals surface area (Å²) in [7, 11) is 0. The Bertz CT molecular complexity index is 72.8. The van der Waals surface area contributed by atoms with E-state index >= 15 is 0 Å². The number of aliphatic hydroxyl groups is 1. The summed E-state index contributed by atoms with van der Waals surface area (Å²) in [5.74, 6) is 0. The molecule has 1 unspecified atom stereocenters. The first-order valence-electron chi connectivity index (χ1n) is 2.55. The second-order valence-electron chi connectivity index (χ2n) is 1.61. The lowest BCUT2D eigenvalue weighted by Crippen LogP contribution is -2.24. The van der Waals surface area contributed by atoms with E-state index in [1.54, 1.807) is 6.20 Å². The molecular formula is C5H12N2O. The Morgan fingerprint density at radius 2 is 2.50 bits per heavy atom. The molecule has 4 N–H and O–H groups in total. The summed E-state index contributed by atoms with van der Waals surface area (Å²) < 4.78 is 0. The summed E-state index contributed by atoms with van der Waals surface area (Å²) in [6.45, 7) is 1.99. The van der Waals surface area contributed by atoms with E-state index in [4.69, 9.17) is 10.8 Å². The molecule has 0 bridgehead atoms. The van der Waals surface area contributed by atoms with Gasteiger partial charge in [-0.3, -0.25) is 0 Å². The molecule has 3 heteroatoms. The number of rotatable bonds is 3. The van der Waals surface area contributed by atoms with Crippen molar-refractivity contribution in [2.24, 2.45) is 5.73 Å². The molecule has 0 aliphatic carbocycles. The Hall–Kier alpha value is -0.700. The van der Waals surface area contributed by atoms with E-state index in [1.807, 2.05) is 6.92 Å². The molecule has 0 amide bonds. The van der Waals surface area contributed by atoms with Crippen LogP contribution in [0.1, 0.15) is 6.92 Å². The van der Waals surface area contributed by atoms with Gasteiger partial charge >= 0.3 is 0 Å². The van der Waals surface area contributed by atoms with E-state index in [0.717, 1.165) is 0 Å². The summed E-state index contributed by atoms with van der Waals surface area (Å²) in [6.07, 6.45) is 2.99. The van der Waals surface area contributed by atoms with Crippen molar-refractivity contribution in [3.05, 3.63) is 12.4 Å². The van der Waals surface area contributed by atoms with Gasteiger partial charge in [-0.2, -0.15) is 0 Å². The minimum atomic E-state index is 0.0924. The number of hydrogen-bond donors (Lipinski definition) is 3. The maximum Gasteiger partial charge on any atom is 0.0629 e. The van der Waals surface area contributed by atoms with Crippen molar-refractivity contribution < 1.29 is 5.11 Å². The van der Waals surface area contributed by atoms with E-state index in [9.17, 15) is 0 Å². The van der Waals surface area contributed by atoms with Crippen LogP contribution in [0.2, 0.25) is 0 Å². The zero-order valence-electron chi connectivity index (χ0n) is 4.96. The zero-order chi connectivity index (χ0) is 6.41. The molecule has 0 saturated heterocycles. The first-order chi connectivity index (χ1) is 3.81. The maximum atomic E-state index is 8.42. The Morgan fingerprint density at radius 3 is 2.88 bits per heavy atom. The Labute approximate surface area is 49.2 Å². The van der Waals surface area contributed by atoms with Crippen LogP contribution in [-0.2, 0) is 0 Å². The van der Waals surface area contributed by atoms with Gasteiger partial charge in [0.2, 0.25) is 0 Å². The lowest BCUT2D eigenvalue weighted by Gasteiger charge is -2.05. The largest absolute Gasteiger partial charge is 0.403 e. The topological polar surface area (TPSA) is 58.3 Å². The quantitative estimate of drug-likeness (QED) is 0.461. The molecule has 0 aromatic rings. The molecule has 8 heavy (non-hydrogen) atoms. The lowest BCUT2D eigenvalue weighted by atomic mass is 10.4. The highest BCUT2D eigenvalue weighted by Gasteiger charge is 1.90. The highest BCUT2D eigenvalue weighted by atomic mass is 16.3. The van der Waals surface area contributed by atoms with Gasteiger partial charge < -0.3 is 16.2 Å². The third-order valence-electron chi connectivity index (χ3n) is 0.751. The average molecular weight is 116 g/mol. The molecule has 0 aliphatic rings. The van der Waals surface area contributed by atoms with Crippen molar-refractivity contribution in [2.45, 2.75) is 13.0 Å². The summed E-state index contributed by atoms with van der Waals surface area (Å²) >= 11 is 0. The van der Waals surface area contributed by atoms with Crippen molar-refractivity contribution >= 4 is 0 Å². The minimum Gasteiger partial charge on any atom is -0.403 e. The van der Waals surface area contributed by atoms with Gasteiger partial charge in [0, 0.05) is 18.4 Å². The van der Waals surface area contributed by atoms with Gasteiger partial charge in [0.05, 0.1) is 6.61 Å². The molecule has 0 rings (SSSR count). The highest BCUT2D eigenvalue weighted by Crippen LogP contribution is 1.74. The molecule has 0 aromatic heterocycles. The molecule has 0 spiro atoms. The summed E-state index contributed by atoms with van der Waals surface area (Å²) in [5, 5.41) is 11.3. The van der Waals surface area contributed by atoms with Crippen LogP contribution in [0.3, 0.4) is 0 Å². The summed E-state index contributed by atoms with van der Waals surface area (Å²) in [4.78, 5) is 0. The predicted molar refractivity (Wildman–Crippen MR) is 33.0 cm³/mol. The van der Waals surface area contributed by atoms with Crippen LogP contribution in [0, 0.1) is 0 Å². The highest BCUT2D eigenvalue weighted by molar-refractivity contribution is 4.75. The SMILES string of the molecule is CC(CO)N/C=C/N. The Morgan fingerprint density at radius 1 is 1.88 bits per heavy atom. The fourth-order valence-corrected chi connectivity index (χ4v) is 0.273. The van der Waals surface area contributed by atoms with Crippen molar-refractivity contribution in [3.63, 3.8) is 0 Å². The van der Waals surface area contributed by atoms with Crippen LogP contribution in [0.4, 0.5) is 0 Å². The van der Waals surface area contributed by atoms with Crippen molar-refractivity contribution in [1.82, 2.24) is 5.32 Å². The number of aliphatic hydroxyl groups excluding tert-OH is 1. The van der Waals surface area contributed by atoms with Gasteiger partial charge in [-0.15, -0.1) is 0 Å². The van der Waals surface area contributed by atoms with Gasteiger partial charge in [-0.05, 0) is 6.92 Å². The molecule has 0 aliphatic heterocycles. The molecule has 0 aromatic carbocycles. The molecule has 1 atom stereocenters. The second-order valence-corrected chi connectivity index (χ2v) is 1.61. The number of hydrogen-bond acceptors (Lipinski definition) is 3. The van der Waals surface area contributed by atoms with E-state index < -0.39 is 0 Å². The predicted octanol–water partition coefficient (Wildman–Crippen LogP) is -0.613. The summed E-state index contributed by atoms with van der Waals surface area (Å²) in [6, 6.07) is 0.0924. The lowest BCUT2D eigenvalue weighted by molar-refractivity contribution is 0.261. The fourth-order valence-electron chi connectivity index (χ4n) is 0.273. The summed E-state index contributed by atoms with van der Waals surface area (Å²) in [5.41, 5.74) is 5.01. The average Bonchev–Trinajstić information content (AvgIpc) is 1.83. The zero-order valence-corrected chi connectivity index (χ0v) is 4.96. The standard InChI is InChI=1S/C5H12N2O/c1-5(4-8)7-3-2-6/h2-3,5,7-8H,4,6H2,1H3/b3-2+. The van der Waals surface area contributed by atoms with Crippen LogP contribution in [-0.4, -0.2) is 17.8 Å². The third kappa shape index (κ3) is 3.49. The van der Waals surface area contributed by atoms with Gasteiger partial charge in [0.15, 0.2) is 0 Å². The molecule has 0 radical (unpaired) electrons. The van der Waals surface area contributed by atoms with Crippen molar-refractivity contribution in [3.8, 4) is 0 Å². The van der Waals surface area contributed by atoms with E-state index in [-0.39, 0.29) is 12.6 Å². The van der Waals surface area contributed by atoms with Crippen LogP contribution >= 0.6 is 0 Å². The van der Waals surface area contributed by atoms with Crippen molar-refractivity contribution in [2.75, 3.05) is 6.61 Å². The van der Waals surface area contributed by atoms with E-state index in [0.29, 0.717) is 0 Å². The minimum absolute atomic E-state index is 0.0924. The van der Waals surface area contributed by atoms with Crippen LogP contribution in [0.5, 0.6) is 0 Å². The smallest absolute Gasteiger partial charge is 0.0629 e. The third-order valence-corrected chi connectivity index (χ3v) is 0.751. The van der Waals surface area contributed by atoms with Gasteiger partial charge in [0.1, 0.15) is 0 Å². The second kappa shape index (κ2) is 4.46. The van der Waals surface area contributed by atoms with Crippen LogP contribution in [0.15, 0.2) is 12.4 Å². The number of nitrogens with two attached hydrogens (primary N) is 1. The Balaban J connectivity index is 3.10. The first-order valence-corrected chi connectivity index (χ1v) is 2.55. The molecule has 0 saturated carbocycles. The van der Waals surface area contributed by atoms with Crippen LogP contribution < -0.4 is 11.1 Å². The van der Waals surface area contributed by atoms with Crippen molar-refractivity contribution in [1.29, 1.82) is 0 Å². The normalized spacial score (nSPS) is 14.2. The first kappa shape index (κ1) is 7.30. The maximum absolute atomic E-state index is 8.42. The molecule has 48 valence electrons. The van der Waals surface area contributed by atoms with Crippen LogP contribution in [0.25, 0.3) is 0 Å². The van der Waals surface area contributed by atoms with Gasteiger partial charge in [-0.1, -0.05) is 0 Å². The molecule has 3 nitrogen and oxygen atoms in total. The van der Waals surface area contributed by atoms with E-state index in [2.05, 4.69) is 5.32 Å². The monoisotopic (exact) mass is 116 g/mol. The number of nitrogens with one attached hydrogen (secondary N) is 1. The Kier molecular flexibility index (Phi) is 4.07. The molecular weight excluding hydrogens is 104 g/mol. The van der Waals surface area contributed by atoms with E-state index in [1.165, 1.54) is 6.20 Å². The molecule has 0 heterocycles. The molecule has 0 fully saturated rings. The van der Waals surface area contributed by atoms with Gasteiger partial charge in [-0.25, -0.2) is 0 Å².